The Hall–Kier alpha value is -2.09. The number of rotatable bonds is 4. The Morgan fingerprint density at radius 2 is 2.33 bits per heavy atom. The lowest BCUT2D eigenvalue weighted by Crippen LogP contribution is -2.16. The van der Waals surface area contributed by atoms with E-state index < -0.39 is 5.76 Å². The van der Waals surface area contributed by atoms with Crippen LogP contribution in [-0.2, 0) is 6.54 Å². The Bertz CT molecular complexity index is 646. The number of fused-ring (bicyclic) bond motifs is 1. The van der Waals surface area contributed by atoms with Gasteiger partial charge in [0.05, 0.1) is 11.5 Å². The molecule has 0 N–H and O–H groups in total. The van der Waals surface area contributed by atoms with Gasteiger partial charge in [0, 0.05) is 12.7 Å². The van der Waals surface area contributed by atoms with Crippen molar-refractivity contribution in [2.24, 2.45) is 5.41 Å². The zero-order valence-corrected chi connectivity index (χ0v) is 10.5. The van der Waals surface area contributed by atoms with Crippen molar-refractivity contribution in [1.29, 1.82) is 5.26 Å². The highest BCUT2D eigenvalue weighted by Gasteiger charge is 2.17. The molecule has 5 heteroatoms. The van der Waals surface area contributed by atoms with Crippen LogP contribution in [0.15, 0.2) is 27.5 Å². The van der Waals surface area contributed by atoms with E-state index in [1.165, 1.54) is 4.57 Å². The molecule has 0 aliphatic rings. The van der Waals surface area contributed by atoms with Crippen LogP contribution >= 0.6 is 0 Å². The molecule has 2 aromatic rings. The van der Waals surface area contributed by atoms with E-state index in [2.05, 4.69) is 11.1 Å². The van der Waals surface area contributed by atoms with Crippen molar-refractivity contribution in [2.75, 3.05) is 0 Å². The minimum Gasteiger partial charge on any atom is -0.406 e. The molecule has 0 unspecified atom stereocenters. The molecule has 0 bridgehead atoms. The number of nitriles is 1. The Labute approximate surface area is 105 Å². The molecule has 0 aliphatic heterocycles. The summed E-state index contributed by atoms with van der Waals surface area (Å²) in [4.78, 5) is 15.8. The van der Waals surface area contributed by atoms with Gasteiger partial charge in [-0.3, -0.25) is 4.57 Å². The van der Waals surface area contributed by atoms with Crippen LogP contribution in [0, 0.1) is 16.7 Å². The molecule has 0 aliphatic carbocycles. The number of hydrogen-bond acceptors (Lipinski definition) is 4. The molecule has 18 heavy (non-hydrogen) atoms. The van der Waals surface area contributed by atoms with Gasteiger partial charge in [-0.15, -0.1) is 0 Å². The zero-order valence-electron chi connectivity index (χ0n) is 10.5. The van der Waals surface area contributed by atoms with E-state index in [0.29, 0.717) is 17.8 Å². The summed E-state index contributed by atoms with van der Waals surface area (Å²) in [5, 5.41) is 8.93. The first-order valence-corrected chi connectivity index (χ1v) is 5.89. The summed E-state index contributed by atoms with van der Waals surface area (Å²) in [7, 11) is 0. The van der Waals surface area contributed by atoms with Crippen molar-refractivity contribution in [3.8, 4) is 6.07 Å². The second-order valence-electron chi connectivity index (χ2n) is 4.94. The van der Waals surface area contributed by atoms with E-state index in [4.69, 9.17) is 9.68 Å². The molecular formula is C13H15N3O2. The number of aromatic nitrogens is 2. The van der Waals surface area contributed by atoms with Gasteiger partial charge in [0.15, 0.2) is 11.2 Å². The van der Waals surface area contributed by atoms with Gasteiger partial charge in [-0.05, 0) is 38.8 Å². The molecule has 0 aromatic carbocycles. The number of nitrogens with zero attached hydrogens (tertiary/aromatic N) is 3. The number of hydrogen-bond donors (Lipinski definition) is 0. The fraction of sp³-hybridized carbons (Fsp3) is 0.462. The quantitative estimate of drug-likeness (QED) is 0.828. The predicted octanol–water partition coefficient (Wildman–Crippen LogP) is 2.32. The second-order valence-corrected chi connectivity index (χ2v) is 4.94. The molecule has 0 spiro atoms. The van der Waals surface area contributed by atoms with Crippen molar-refractivity contribution in [1.82, 2.24) is 9.55 Å². The Morgan fingerprint density at radius 1 is 1.56 bits per heavy atom. The monoisotopic (exact) mass is 245 g/mol. The molecule has 94 valence electrons. The van der Waals surface area contributed by atoms with Crippen LogP contribution < -0.4 is 5.76 Å². The summed E-state index contributed by atoms with van der Waals surface area (Å²) in [6.45, 7) is 4.30. The number of oxazole rings is 1. The fourth-order valence-electron chi connectivity index (χ4n) is 1.83. The van der Waals surface area contributed by atoms with Crippen molar-refractivity contribution >= 4 is 11.2 Å². The van der Waals surface area contributed by atoms with E-state index in [1.807, 2.05) is 13.8 Å². The predicted molar refractivity (Wildman–Crippen MR) is 66.9 cm³/mol. The topological polar surface area (TPSA) is 71.8 Å². The molecule has 2 aromatic heterocycles. The normalized spacial score (nSPS) is 11.6. The lowest BCUT2D eigenvalue weighted by atomic mass is 9.90. The Kier molecular flexibility index (Phi) is 3.19. The SMILES string of the molecule is CC(C)(C#N)CCCn1c(=O)oc2cccnc21. The maximum Gasteiger partial charge on any atom is 0.421 e. The van der Waals surface area contributed by atoms with Gasteiger partial charge < -0.3 is 4.42 Å². The van der Waals surface area contributed by atoms with Crippen LogP contribution in [0.3, 0.4) is 0 Å². The second kappa shape index (κ2) is 4.65. The van der Waals surface area contributed by atoms with Crippen LogP contribution in [0.4, 0.5) is 0 Å². The van der Waals surface area contributed by atoms with Crippen molar-refractivity contribution in [3.63, 3.8) is 0 Å². The van der Waals surface area contributed by atoms with Crippen LogP contribution in [0.25, 0.3) is 11.2 Å². The summed E-state index contributed by atoms with van der Waals surface area (Å²) >= 11 is 0. The summed E-state index contributed by atoms with van der Waals surface area (Å²) in [5.74, 6) is -0.390. The third-order valence-corrected chi connectivity index (χ3v) is 2.91. The van der Waals surface area contributed by atoms with Crippen LogP contribution in [-0.4, -0.2) is 9.55 Å². The van der Waals surface area contributed by atoms with Crippen LogP contribution in [0.1, 0.15) is 26.7 Å². The van der Waals surface area contributed by atoms with E-state index >= 15 is 0 Å². The van der Waals surface area contributed by atoms with E-state index in [9.17, 15) is 4.79 Å². The highest BCUT2D eigenvalue weighted by atomic mass is 16.4. The standard InChI is InChI=1S/C13H15N3O2/c1-13(2,9-14)6-4-8-16-11-10(18-12(16)17)5-3-7-15-11/h3,5,7H,4,6,8H2,1-2H3. The summed E-state index contributed by atoms with van der Waals surface area (Å²) < 4.78 is 6.60. The molecule has 2 rings (SSSR count). The van der Waals surface area contributed by atoms with E-state index in [-0.39, 0.29) is 5.41 Å². The average Bonchev–Trinajstić information content (AvgIpc) is 2.66. The molecule has 0 saturated heterocycles. The van der Waals surface area contributed by atoms with Gasteiger partial charge in [-0.25, -0.2) is 9.78 Å². The minimum absolute atomic E-state index is 0.365. The lowest BCUT2D eigenvalue weighted by Gasteiger charge is -2.14. The van der Waals surface area contributed by atoms with E-state index in [0.717, 1.165) is 12.8 Å². The van der Waals surface area contributed by atoms with Crippen LogP contribution in [0.2, 0.25) is 0 Å². The van der Waals surface area contributed by atoms with Gasteiger partial charge in [0.2, 0.25) is 0 Å². The van der Waals surface area contributed by atoms with Gasteiger partial charge in [-0.1, -0.05) is 0 Å². The van der Waals surface area contributed by atoms with Crippen molar-refractivity contribution < 1.29 is 4.42 Å². The first kappa shape index (κ1) is 12.4. The van der Waals surface area contributed by atoms with Crippen molar-refractivity contribution in [2.45, 2.75) is 33.2 Å². The number of pyridine rings is 1. The lowest BCUT2D eigenvalue weighted by molar-refractivity contribution is 0.406. The summed E-state index contributed by atoms with van der Waals surface area (Å²) in [6, 6.07) is 5.70. The average molecular weight is 245 g/mol. The highest BCUT2D eigenvalue weighted by Crippen LogP contribution is 2.21. The maximum absolute atomic E-state index is 11.7. The molecule has 0 saturated carbocycles. The number of aryl methyl sites for hydroxylation is 1. The largest absolute Gasteiger partial charge is 0.421 e. The molecule has 0 radical (unpaired) electrons. The summed E-state index contributed by atoms with van der Waals surface area (Å²) in [6.07, 6.45) is 3.11. The smallest absolute Gasteiger partial charge is 0.406 e. The Morgan fingerprint density at radius 3 is 3.06 bits per heavy atom. The minimum atomic E-state index is -0.390. The molecule has 0 fully saturated rings. The third kappa shape index (κ3) is 2.43. The van der Waals surface area contributed by atoms with Crippen LogP contribution in [0.5, 0.6) is 0 Å². The van der Waals surface area contributed by atoms with Gasteiger partial charge in [0.25, 0.3) is 0 Å². The van der Waals surface area contributed by atoms with Crippen molar-refractivity contribution in [3.05, 3.63) is 28.9 Å². The Balaban J connectivity index is 2.16. The van der Waals surface area contributed by atoms with E-state index in [1.54, 1.807) is 18.3 Å². The van der Waals surface area contributed by atoms with Gasteiger partial charge >= 0.3 is 5.76 Å². The first-order chi connectivity index (χ1) is 8.53. The maximum atomic E-state index is 11.7. The molecule has 5 nitrogen and oxygen atoms in total. The van der Waals surface area contributed by atoms with Gasteiger partial charge in [-0.2, -0.15) is 5.26 Å². The molecule has 0 amide bonds. The van der Waals surface area contributed by atoms with Gasteiger partial charge in [0.1, 0.15) is 0 Å². The third-order valence-electron chi connectivity index (χ3n) is 2.91. The first-order valence-electron chi connectivity index (χ1n) is 5.89. The summed E-state index contributed by atoms with van der Waals surface area (Å²) in [5.41, 5.74) is 0.704. The molecule has 2 heterocycles. The fourth-order valence-corrected chi connectivity index (χ4v) is 1.83. The molecular weight excluding hydrogens is 230 g/mol. The molecule has 0 atom stereocenters. The highest BCUT2D eigenvalue weighted by molar-refractivity contribution is 5.67. The zero-order chi connectivity index (χ0) is 13.2.